The van der Waals surface area contributed by atoms with Crippen molar-refractivity contribution in [3.8, 4) is 0 Å². The Balaban J connectivity index is 2.21. The van der Waals surface area contributed by atoms with Gasteiger partial charge < -0.3 is 5.32 Å². The number of sulfonamides is 1. The molecule has 0 radical (unpaired) electrons. The summed E-state index contributed by atoms with van der Waals surface area (Å²) < 4.78 is 27.5. The molecule has 0 saturated carbocycles. The summed E-state index contributed by atoms with van der Waals surface area (Å²) >= 11 is 5.54. The Kier molecular flexibility index (Phi) is 6.15. The van der Waals surface area contributed by atoms with Crippen molar-refractivity contribution in [3.63, 3.8) is 0 Å². The molecule has 0 aliphatic carbocycles. The first-order chi connectivity index (χ1) is 11.0. The molecule has 0 fully saturated rings. The Labute approximate surface area is 140 Å². The van der Waals surface area contributed by atoms with Crippen LogP contribution in [-0.2, 0) is 16.6 Å². The summed E-state index contributed by atoms with van der Waals surface area (Å²) in [6.45, 7) is 0.424. The Bertz CT molecular complexity index is 764. The van der Waals surface area contributed by atoms with Gasteiger partial charge in [-0.3, -0.25) is 4.79 Å². The van der Waals surface area contributed by atoms with Gasteiger partial charge in [-0.25, -0.2) is 13.1 Å². The first-order valence-corrected chi connectivity index (χ1v) is 9.03. The molecule has 0 aliphatic heterocycles. The molecule has 0 spiro atoms. The fraction of sp³-hybridized carbons (Fsp3) is 0.188. The van der Waals surface area contributed by atoms with E-state index < -0.39 is 15.9 Å². The number of amides is 1. The molecule has 0 heterocycles. The van der Waals surface area contributed by atoms with Crippen molar-refractivity contribution in [2.75, 3.05) is 12.4 Å². The molecule has 0 bridgehead atoms. The van der Waals surface area contributed by atoms with Crippen LogP contribution >= 0.6 is 11.6 Å². The van der Waals surface area contributed by atoms with Crippen molar-refractivity contribution in [3.05, 3.63) is 65.7 Å². The van der Waals surface area contributed by atoms with Crippen LogP contribution in [0.3, 0.4) is 0 Å². The van der Waals surface area contributed by atoms with Crippen LogP contribution in [0.1, 0.15) is 15.9 Å². The molecule has 0 unspecified atom stereocenters. The van der Waals surface area contributed by atoms with E-state index in [-0.39, 0.29) is 29.4 Å². The number of alkyl halides is 1. The van der Waals surface area contributed by atoms with Crippen LogP contribution in [-0.4, -0.2) is 26.7 Å². The van der Waals surface area contributed by atoms with E-state index in [0.29, 0.717) is 0 Å². The molecule has 7 heteroatoms. The van der Waals surface area contributed by atoms with Crippen LogP contribution in [0.25, 0.3) is 0 Å². The molecular formula is C16H17ClN2O3S. The summed E-state index contributed by atoms with van der Waals surface area (Å²) in [7, 11) is -3.80. The molecular weight excluding hydrogens is 336 g/mol. The van der Waals surface area contributed by atoms with Gasteiger partial charge in [0, 0.05) is 19.0 Å². The second kappa shape index (κ2) is 8.10. The van der Waals surface area contributed by atoms with E-state index in [1.807, 2.05) is 30.3 Å². The lowest BCUT2D eigenvalue weighted by Gasteiger charge is -2.11. The highest BCUT2D eigenvalue weighted by Gasteiger charge is 2.21. The summed E-state index contributed by atoms with van der Waals surface area (Å²) in [6.07, 6.45) is 0. The number of rotatable bonds is 7. The largest absolute Gasteiger partial charge is 0.351 e. The predicted octanol–water partition coefficient (Wildman–Crippen LogP) is 2.13. The Morgan fingerprint density at radius 1 is 1.00 bits per heavy atom. The van der Waals surface area contributed by atoms with Crippen molar-refractivity contribution in [2.24, 2.45) is 0 Å². The van der Waals surface area contributed by atoms with Crippen LogP contribution in [0.2, 0.25) is 0 Å². The minimum absolute atomic E-state index is 0.0528. The molecule has 2 aromatic carbocycles. The first kappa shape index (κ1) is 17.5. The minimum atomic E-state index is -3.80. The van der Waals surface area contributed by atoms with Gasteiger partial charge in [0.1, 0.15) is 0 Å². The minimum Gasteiger partial charge on any atom is -0.351 e. The van der Waals surface area contributed by atoms with Crippen LogP contribution in [0, 0.1) is 0 Å². The van der Waals surface area contributed by atoms with Crippen LogP contribution in [0.4, 0.5) is 0 Å². The highest BCUT2D eigenvalue weighted by molar-refractivity contribution is 7.89. The molecule has 0 aliphatic rings. The zero-order valence-corrected chi connectivity index (χ0v) is 13.9. The lowest BCUT2D eigenvalue weighted by Crippen LogP contribution is -2.30. The van der Waals surface area contributed by atoms with Crippen molar-refractivity contribution >= 4 is 27.5 Å². The van der Waals surface area contributed by atoms with Crippen molar-refractivity contribution < 1.29 is 13.2 Å². The lowest BCUT2D eigenvalue weighted by atomic mass is 10.2. The number of carbonyl (C=O) groups excluding carboxylic acids is 1. The van der Waals surface area contributed by atoms with Gasteiger partial charge in [0.2, 0.25) is 10.0 Å². The monoisotopic (exact) mass is 352 g/mol. The predicted molar refractivity (Wildman–Crippen MR) is 90.0 cm³/mol. The zero-order valence-electron chi connectivity index (χ0n) is 12.3. The second-order valence-electron chi connectivity index (χ2n) is 4.75. The van der Waals surface area contributed by atoms with Gasteiger partial charge in [-0.15, -0.1) is 11.6 Å². The molecule has 122 valence electrons. The lowest BCUT2D eigenvalue weighted by molar-refractivity contribution is 0.0952. The maximum atomic E-state index is 12.5. The first-order valence-electron chi connectivity index (χ1n) is 7.01. The van der Waals surface area contributed by atoms with E-state index in [0.717, 1.165) is 5.56 Å². The van der Waals surface area contributed by atoms with Crippen LogP contribution in [0.5, 0.6) is 0 Å². The normalized spacial score (nSPS) is 11.2. The third-order valence-corrected chi connectivity index (χ3v) is 4.76. The second-order valence-corrected chi connectivity index (χ2v) is 6.86. The Morgan fingerprint density at radius 2 is 1.65 bits per heavy atom. The maximum absolute atomic E-state index is 12.5. The third kappa shape index (κ3) is 4.79. The van der Waals surface area contributed by atoms with E-state index in [1.54, 1.807) is 12.1 Å². The summed E-state index contributed by atoms with van der Waals surface area (Å²) in [4.78, 5) is 12.0. The van der Waals surface area contributed by atoms with Gasteiger partial charge in [-0.2, -0.15) is 0 Å². The van der Waals surface area contributed by atoms with Crippen LogP contribution in [0.15, 0.2) is 59.5 Å². The number of halogens is 1. The van der Waals surface area contributed by atoms with E-state index in [9.17, 15) is 13.2 Å². The fourth-order valence-corrected chi connectivity index (χ4v) is 3.31. The van der Waals surface area contributed by atoms with Gasteiger partial charge >= 0.3 is 0 Å². The van der Waals surface area contributed by atoms with Gasteiger partial charge in [0.15, 0.2) is 0 Å². The average molecular weight is 353 g/mol. The zero-order chi connectivity index (χ0) is 16.7. The number of carbonyl (C=O) groups is 1. The van der Waals surface area contributed by atoms with E-state index in [2.05, 4.69) is 10.0 Å². The highest BCUT2D eigenvalue weighted by Crippen LogP contribution is 2.16. The van der Waals surface area contributed by atoms with E-state index in [1.165, 1.54) is 12.1 Å². The SMILES string of the molecule is O=C(NCCCl)c1ccccc1S(=O)(=O)NCc1ccccc1. The quantitative estimate of drug-likeness (QED) is 0.749. The van der Waals surface area contributed by atoms with E-state index >= 15 is 0 Å². The van der Waals surface area contributed by atoms with Crippen molar-refractivity contribution in [2.45, 2.75) is 11.4 Å². The number of hydrogen-bond acceptors (Lipinski definition) is 3. The summed E-state index contributed by atoms with van der Waals surface area (Å²) in [5.41, 5.74) is 0.929. The number of benzene rings is 2. The van der Waals surface area contributed by atoms with Gasteiger partial charge in [-0.05, 0) is 17.7 Å². The third-order valence-electron chi connectivity index (χ3n) is 3.11. The molecule has 23 heavy (non-hydrogen) atoms. The van der Waals surface area contributed by atoms with Gasteiger partial charge in [-0.1, -0.05) is 42.5 Å². The van der Waals surface area contributed by atoms with Gasteiger partial charge in [0.25, 0.3) is 5.91 Å². The summed E-state index contributed by atoms with van der Waals surface area (Å²) in [6, 6.07) is 15.2. The fourth-order valence-electron chi connectivity index (χ4n) is 2.00. The standard InChI is InChI=1S/C16H17ClN2O3S/c17-10-11-18-16(20)14-8-4-5-9-15(14)23(21,22)19-12-13-6-2-1-3-7-13/h1-9,19H,10-12H2,(H,18,20). The topological polar surface area (TPSA) is 75.3 Å². The summed E-state index contributed by atoms with van der Waals surface area (Å²) in [5, 5.41) is 2.57. The number of hydrogen-bond donors (Lipinski definition) is 2. The molecule has 0 aromatic heterocycles. The van der Waals surface area contributed by atoms with Crippen LogP contribution < -0.4 is 10.0 Å². The van der Waals surface area contributed by atoms with Crippen molar-refractivity contribution in [1.29, 1.82) is 0 Å². The van der Waals surface area contributed by atoms with Crippen molar-refractivity contribution in [1.82, 2.24) is 10.0 Å². The smallest absolute Gasteiger partial charge is 0.252 e. The molecule has 2 N–H and O–H groups in total. The molecule has 0 atom stereocenters. The molecule has 2 aromatic rings. The average Bonchev–Trinajstić information content (AvgIpc) is 2.59. The van der Waals surface area contributed by atoms with Gasteiger partial charge in [0.05, 0.1) is 10.5 Å². The highest BCUT2D eigenvalue weighted by atomic mass is 35.5. The Morgan fingerprint density at radius 3 is 2.35 bits per heavy atom. The maximum Gasteiger partial charge on any atom is 0.252 e. The van der Waals surface area contributed by atoms with E-state index in [4.69, 9.17) is 11.6 Å². The molecule has 5 nitrogen and oxygen atoms in total. The number of nitrogens with one attached hydrogen (secondary N) is 2. The summed E-state index contributed by atoms with van der Waals surface area (Å²) in [5.74, 6) is -0.209. The molecule has 2 rings (SSSR count). The molecule has 0 saturated heterocycles. The Hall–Kier alpha value is -1.89. The molecule has 1 amide bonds.